The molecule has 2 heterocycles. The minimum Gasteiger partial charge on any atom is -0.497 e. The molecule has 0 atom stereocenters. The highest BCUT2D eigenvalue weighted by Crippen LogP contribution is 2.46. The number of fused-ring (bicyclic) bond motifs is 3. The van der Waals surface area contributed by atoms with E-state index in [0.717, 1.165) is 62.3 Å². The quantitative estimate of drug-likeness (QED) is 0.0817. The van der Waals surface area contributed by atoms with E-state index >= 15 is 0 Å². The Balaban J connectivity index is 0.000000175. The van der Waals surface area contributed by atoms with Gasteiger partial charge in [-0.05, 0) is 173 Å². The Kier molecular flexibility index (Phi) is 12.6. The van der Waals surface area contributed by atoms with Gasteiger partial charge in [-0.25, -0.2) is 4.79 Å². The Morgan fingerprint density at radius 3 is 1.44 bits per heavy atom. The molecule has 0 bridgehead atoms. The second-order valence-electron chi connectivity index (χ2n) is 19.4. The van der Waals surface area contributed by atoms with E-state index in [4.69, 9.17) is 13.8 Å². The lowest BCUT2D eigenvalue weighted by molar-refractivity contribution is 0.0375. The molecule has 340 valence electrons. The second kappa shape index (κ2) is 18.7. The van der Waals surface area contributed by atoms with Crippen molar-refractivity contribution in [1.29, 1.82) is 0 Å². The summed E-state index contributed by atoms with van der Waals surface area (Å²) in [5.74, 6) is 0.629. The molecule has 0 amide bonds. The molecule has 1 aliphatic heterocycles. The van der Waals surface area contributed by atoms with E-state index < -0.39 is 0 Å². The summed E-state index contributed by atoms with van der Waals surface area (Å²) in [4.78, 5) is 17.4. The van der Waals surface area contributed by atoms with E-state index in [1.807, 2.05) is 24.3 Å². The Hall–Kier alpha value is -7.35. The SMILES string of the molecule is COc1ccc2c(c1)c(=O)oc1cc(-c3cccc(N(c4ccc(C)cc4)c4ccc(C)cc4)c3)ccc12.Cc1ccc(N(c2ccc(C)cc2)c2cccc(B3CC(C)(C)C(C)(C)O3)c2)cc1. The van der Waals surface area contributed by atoms with Gasteiger partial charge in [0.05, 0.1) is 18.1 Å². The number of methoxy groups -OCH3 is 1. The molecule has 1 aliphatic rings. The van der Waals surface area contributed by atoms with Crippen molar-refractivity contribution in [2.45, 2.75) is 67.3 Å². The van der Waals surface area contributed by atoms with Crippen molar-refractivity contribution >= 4 is 68.2 Å². The van der Waals surface area contributed by atoms with Crippen molar-refractivity contribution < 1.29 is 13.8 Å². The fraction of sp³-hybridized carbons (Fsp3) is 0.197. The number of hydrogen-bond donors (Lipinski definition) is 0. The predicted molar refractivity (Wildman–Crippen MR) is 286 cm³/mol. The first-order valence-electron chi connectivity index (χ1n) is 23.5. The number of anilines is 6. The number of benzene rings is 8. The van der Waals surface area contributed by atoms with Crippen LogP contribution in [0.25, 0.3) is 32.9 Å². The topological polar surface area (TPSA) is 55.2 Å². The number of rotatable bonds is 9. The van der Waals surface area contributed by atoms with E-state index in [2.05, 4.69) is 217 Å². The van der Waals surface area contributed by atoms with Crippen molar-refractivity contribution in [2.75, 3.05) is 16.9 Å². The van der Waals surface area contributed by atoms with E-state index in [1.165, 1.54) is 27.7 Å². The van der Waals surface area contributed by atoms with Gasteiger partial charge >= 0.3 is 12.5 Å². The maximum absolute atomic E-state index is 12.8. The Bertz CT molecular complexity index is 3180. The van der Waals surface area contributed by atoms with Gasteiger partial charge in [-0.1, -0.05) is 115 Å². The van der Waals surface area contributed by atoms with Crippen LogP contribution in [0.3, 0.4) is 0 Å². The molecule has 0 radical (unpaired) electrons. The number of aryl methyl sites for hydroxylation is 4. The molecule has 0 spiro atoms. The number of ether oxygens (including phenoxy) is 1. The lowest BCUT2D eigenvalue weighted by Gasteiger charge is -2.34. The number of nitrogens with zero attached hydrogens (tertiary/aromatic N) is 2. The molecular weight excluding hydrogens is 835 g/mol. The third-order valence-electron chi connectivity index (χ3n) is 13.8. The largest absolute Gasteiger partial charge is 0.497 e. The lowest BCUT2D eigenvalue weighted by Crippen LogP contribution is -2.36. The molecule has 0 saturated carbocycles. The van der Waals surface area contributed by atoms with Crippen molar-refractivity contribution in [3.05, 3.63) is 215 Å². The summed E-state index contributed by atoms with van der Waals surface area (Å²) in [6.45, 7) is 17.6. The summed E-state index contributed by atoms with van der Waals surface area (Å²) in [5.41, 5.74) is 15.1. The normalized spacial score (nSPS) is 13.8. The van der Waals surface area contributed by atoms with Gasteiger partial charge in [-0.15, -0.1) is 0 Å². The molecule has 8 aromatic carbocycles. The third kappa shape index (κ3) is 9.45. The molecule has 1 saturated heterocycles. The van der Waals surface area contributed by atoms with Gasteiger partial charge in [0.1, 0.15) is 11.3 Å². The van der Waals surface area contributed by atoms with Crippen LogP contribution in [0.15, 0.2) is 191 Å². The van der Waals surface area contributed by atoms with Crippen LogP contribution in [0.4, 0.5) is 34.1 Å². The zero-order chi connectivity index (χ0) is 47.7. The predicted octanol–water partition coefficient (Wildman–Crippen LogP) is 15.5. The fourth-order valence-electron chi connectivity index (χ4n) is 9.03. The summed E-state index contributed by atoms with van der Waals surface area (Å²) < 4.78 is 17.6. The average molecular weight is 895 g/mol. The van der Waals surface area contributed by atoms with Crippen LogP contribution in [0.1, 0.15) is 49.9 Å². The molecule has 0 unspecified atom stereocenters. The molecule has 7 heteroatoms. The van der Waals surface area contributed by atoms with Crippen LogP contribution in [0.5, 0.6) is 5.75 Å². The zero-order valence-electron chi connectivity index (χ0n) is 40.6. The van der Waals surface area contributed by atoms with Crippen molar-refractivity contribution in [3.63, 3.8) is 0 Å². The van der Waals surface area contributed by atoms with Crippen molar-refractivity contribution in [1.82, 2.24) is 0 Å². The van der Waals surface area contributed by atoms with Gasteiger partial charge in [0.2, 0.25) is 0 Å². The smallest absolute Gasteiger partial charge is 0.344 e. The minimum atomic E-state index is -0.373. The second-order valence-corrected chi connectivity index (χ2v) is 19.4. The summed E-state index contributed by atoms with van der Waals surface area (Å²) in [6.07, 6.45) is 1.03. The van der Waals surface area contributed by atoms with E-state index in [-0.39, 0.29) is 23.6 Å². The summed E-state index contributed by atoms with van der Waals surface area (Å²) in [5, 5.41) is 2.25. The summed E-state index contributed by atoms with van der Waals surface area (Å²) in [6, 6.07) is 63.4. The Morgan fingerprint density at radius 1 is 0.485 bits per heavy atom. The maximum atomic E-state index is 12.8. The number of hydrogen-bond acceptors (Lipinski definition) is 6. The maximum Gasteiger partial charge on any atom is 0.344 e. The van der Waals surface area contributed by atoms with Gasteiger partial charge in [0.15, 0.2) is 0 Å². The van der Waals surface area contributed by atoms with Crippen LogP contribution in [-0.4, -0.2) is 19.6 Å². The van der Waals surface area contributed by atoms with Crippen LogP contribution in [0, 0.1) is 33.1 Å². The molecule has 9 aromatic rings. The lowest BCUT2D eigenvalue weighted by atomic mass is 9.54. The van der Waals surface area contributed by atoms with Gasteiger partial charge in [-0.2, -0.15) is 0 Å². The first kappa shape index (κ1) is 45.8. The van der Waals surface area contributed by atoms with Crippen LogP contribution >= 0.6 is 0 Å². The molecular formula is C61H59BN2O4. The van der Waals surface area contributed by atoms with Gasteiger partial charge in [-0.3, -0.25) is 0 Å². The van der Waals surface area contributed by atoms with Crippen molar-refractivity contribution in [3.8, 4) is 16.9 Å². The van der Waals surface area contributed by atoms with E-state index in [9.17, 15) is 4.79 Å². The van der Waals surface area contributed by atoms with Gasteiger partial charge in [0, 0.05) is 44.9 Å². The molecule has 1 aromatic heterocycles. The van der Waals surface area contributed by atoms with Gasteiger partial charge in [0.25, 0.3) is 0 Å². The molecule has 1 fully saturated rings. The Morgan fingerprint density at radius 2 is 0.956 bits per heavy atom. The molecule has 0 aliphatic carbocycles. The first-order valence-corrected chi connectivity index (χ1v) is 23.5. The van der Waals surface area contributed by atoms with E-state index in [0.29, 0.717) is 16.7 Å². The van der Waals surface area contributed by atoms with Crippen molar-refractivity contribution in [2.24, 2.45) is 5.41 Å². The van der Waals surface area contributed by atoms with Crippen LogP contribution < -0.4 is 25.6 Å². The minimum absolute atomic E-state index is 0.118. The summed E-state index contributed by atoms with van der Waals surface area (Å²) in [7, 11) is 1.59. The molecule has 68 heavy (non-hydrogen) atoms. The fourth-order valence-corrected chi connectivity index (χ4v) is 9.03. The van der Waals surface area contributed by atoms with Gasteiger partial charge < -0.3 is 23.6 Å². The molecule has 6 nitrogen and oxygen atoms in total. The highest BCUT2D eigenvalue weighted by Gasteiger charge is 2.49. The highest BCUT2D eigenvalue weighted by molar-refractivity contribution is 6.68. The molecule has 10 rings (SSSR count). The van der Waals surface area contributed by atoms with E-state index in [1.54, 1.807) is 13.2 Å². The average Bonchev–Trinajstić information content (AvgIpc) is 3.57. The van der Waals surface area contributed by atoms with Crippen LogP contribution in [0.2, 0.25) is 6.32 Å². The van der Waals surface area contributed by atoms with Crippen LogP contribution in [-0.2, 0) is 4.65 Å². The third-order valence-corrected chi connectivity index (χ3v) is 13.8. The zero-order valence-corrected chi connectivity index (χ0v) is 40.6. The Labute approximate surface area is 401 Å². The monoisotopic (exact) mass is 894 g/mol. The molecule has 0 N–H and O–H groups in total. The standard InChI is InChI=1S/C34H27NO3.C27H32BNO/c1-22-7-12-26(13-8-22)35(27-14-9-23(2)10-15-27)28-6-4-5-24(19-28)25-11-17-31-30-18-16-29(37-3)21-32(30)34(36)38-33(31)20-25;1-20-10-14-23(15-11-20)29(24-16-12-21(2)13-17-24)25-9-7-8-22(18-25)28-19-26(3,4)27(5,6)30-28/h4-21H,1-3H3;7-18H,19H2,1-6H3. The first-order chi connectivity index (χ1) is 32.7. The summed E-state index contributed by atoms with van der Waals surface area (Å²) >= 11 is 0. The highest BCUT2D eigenvalue weighted by atomic mass is 16.5.